The summed E-state index contributed by atoms with van der Waals surface area (Å²) in [5.74, 6) is 0. The average Bonchev–Trinajstić information content (AvgIpc) is 2.15. The Kier molecular flexibility index (Phi) is 3.92. The molecule has 78 valence electrons. The lowest BCUT2D eigenvalue weighted by Gasteiger charge is -2.15. The minimum absolute atomic E-state index is 0.120. The van der Waals surface area contributed by atoms with Gasteiger partial charge in [0.1, 0.15) is 6.10 Å². The number of nitrogen functional groups attached to an aromatic ring is 1. The summed E-state index contributed by atoms with van der Waals surface area (Å²) in [5, 5.41) is 9.75. The van der Waals surface area contributed by atoms with Gasteiger partial charge in [-0.2, -0.15) is 0 Å². The molecule has 0 fully saturated rings. The normalized spacial score (nSPS) is 13.1. The Morgan fingerprint density at radius 1 is 1.36 bits per heavy atom. The molecule has 1 unspecified atom stereocenters. The van der Waals surface area contributed by atoms with Gasteiger partial charge in [-0.05, 0) is 19.9 Å². The van der Waals surface area contributed by atoms with Crippen LogP contribution in [-0.4, -0.2) is 17.8 Å². The van der Waals surface area contributed by atoms with Crippen molar-refractivity contribution < 1.29 is 9.84 Å². The van der Waals surface area contributed by atoms with E-state index in [0.717, 1.165) is 5.56 Å². The number of rotatable bonds is 4. The van der Waals surface area contributed by atoms with Gasteiger partial charge < -0.3 is 15.6 Å². The lowest BCUT2D eigenvalue weighted by Crippen LogP contribution is -2.13. The van der Waals surface area contributed by atoms with E-state index in [1.165, 1.54) is 0 Å². The molecule has 1 rings (SSSR count). The quantitative estimate of drug-likeness (QED) is 0.719. The van der Waals surface area contributed by atoms with Crippen LogP contribution in [0, 0.1) is 0 Å². The molecule has 0 aliphatic heterocycles. The predicted octanol–water partition coefficient (Wildman–Crippen LogP) is 1.73. The van der Waals surface area contributed by atoms with E-state index < -0.39 is 6.10 Å². The molecule has 0 saturated carbocycles. The number of nitrogens with two attached hydrogens (primary N) is 1. The number of para-hydroxylation sites is 1. The summed E-state index contributed by atoms with van der Waals surface area (Å²) < 4.78 is 5.31. The molecular formula is C11H17NO2. The van der Waals surface area contributed by atoms with Gasteiger partial charge in [-0.3, -0.25) is 0 Å². The third-order valence-electron chi connectivity index (χ3n) is 1.94. The Balaban J connectivity index is 2.60. The summed E-state index contributed by atoms with van der Waals surface area (Å²) in [5.41, 5.74) is 7.05. The van der Waals surface area contributed by atoms with Crippen LogP contribution in [0.15, 0.2) is 24.3 Å². The standard InChI is InChI=1S/C11H17NO2/c1-8(2)14-7-11(13)9-5-3-4-6-10(9)12/h3-6,8,11,13H,7,12H2,1-2H3. The van der Waals surface area contributed by atoms with E-state index in [-0.39, 0.29) is 12.7 Å². The van der Waals surface area contributed by atoms with Crippen LogP contribution in [-0.2, 0) is 4.74 Å². The first-order valence-electron chi connectivity index (χ1n) is 4.75. The van der Waals surface area contributed by atoms with Gasteiger partial charge in [0.25, 0.3) is 0 Å². The van der Waals surface area contributed by atoms with Crippen molar-refractivity contribution in [3.63, 3.8) is 0 Å². The van der Waals surface area contributed by atoms with E-state index >= 15 is 0 Å². The maximum atomic E-state index is 9.75. The molecule has 0 aliphatic carbocycles. The van der Waals surface area contributed by atoms with E-state index in [1.807, 2.05) is 32.0 Å². The van der Waals surface area contributed by atoms with Gasteiger partial charge in [-0.25, -0.2) is 0 Å². The Hall–Kier alpha value is -1.06. The minimum Gasteiger partial charge on any atom is -0.398 e. The third-order valence-corrected chi connectivity index (χ3v) is 1.94. The zero-order valence-corrected chi connectivity index (χ0v) is 8.60. The van der Waals surface area contributed by atoms with Crippen LogP contribution in [0.4, 0.5) is 5.69 Å². The fraction of sp³-hybridized carbons (Fsp3) is 0.455. The molecule has 0 heterocycles. The van der Waals surface area contributed by atoms with Crippen molar-refractivity contribution in [2.45, 2.75) is 26.1 Å². The summed E-state index contributed by atoms with van der Waals surface area (Å²) >= 11 is 0. The van der Waals surface area contributed by atoms with Gasteiger partial charge in [0.05, 0.1) is 12.7 Å². The Labute approximate surface area is 84.5 Å². The molecule has 1 aromatic rings. The average molecular weight is 195 g/mol. The maximum absolute atomic E-state index is 9.75. The molecule has 0 aromatic heterocycles. The second-order valence-electron chi connectivity index (χ2n) is 3.53. The lowest BCUT2D eigenvalue weighted by molar-refractivity contribution is 0.00521. The minimum atomic E-state index is -0.640. The lowest BCUT2D eigenvalue weighted by atomic mass is 10.1. The van der Waals surface area contributed by atoms with E-state index in [4.69, 9.17) is 10.5 Å². The first-order chi connectivity index (χ1) is 6.61. The molecule has 1 atom stereocenters. The molecule has 1 aromatic carbocycles. The Bertz CT molecular complexity index is 286. The molecule has 0 amide bonds. The van der Waals surface area contributed by atoms with Gasteiger partial charge >= 0.3 is 0 Å². The van der Waals surface area contributed by atoms with Crippen LogP contribution in [0.25, 0.3) is 0 Å². The smallest absolute Gasteiger partial charge is 0.104 e. The SMILES string of the molecule is CC(C)OCC(O)c1ccccc1N. The van der Waals surface area contributed by atoms with Gasteiger partial charge in [0.2, 0.25) is 0 Å². The van der Waals surface area contributed by atoms with E-state index in [1.54, 1.807) is 6.07 Å². The number of anilines is 1. The van der Waals surface area contributed by atoms with Gasteiger partial charge in [-0.15, -0.1) is 0 Å². The molecule has 3 nitrogen and oxygen atoms in total. The molecule has 0 bridgehead atoms. The third kappa shape index (κ3) is 3.01. The molecule has 0 radical (unpaired) electrons. The van der Waals surface area contributed by atoms with Crippen LogP contribution in [0.2, 0.25) is 0 Å². The molecule has 3 heteroatoms. The molecule has 14 heavy (non-hydrogen) atoms. The van der Waals surface area contributed by atoms with Crippen LogP contribution in [0.3, 0.4) is 0 Å². The number of ether oxygens (including phenoxy) is 1. The summed E-state index contributed by atoms with van der Waals surface area (Å²) in [4.78, 5) is 0. The topological polar surface area (TPSA) is 55.5 Å². The number of aliphatic hydroxyl groups is 1. The Morgan fingerprint density at radius 3 is 2.57 bits per heavy atom. The second-order valence-corrected chi connectivity index (χ2v) is 3.53. The molecular weight excluding hydrogens is 178 g/mol. The van der Waals surface area contributed by atoms with Crippen LogP contribution in [0.5, 0.6) is 0 Å². The van der Waals surface area contributed by atoms with Crippen LogP contribution >= 0.6 is 0 Å². The highest BCUT2D eigenvalue weighted by atomic mass is 16.5. The van der Waals surface area contributed by atoms with Gasteiger partial charge in [0.15, 0.2) is 0 Å². The molecule has 3 N–H and O–H groups in total. The van der Waals surface area contributed by atoms with Gasteiger partial charge in [0, 0.05) is 11.3 Å². The molecule has 0 aliphatic rings. The summed E-state index contributed by atoms with van der Waals surface area (Å²) in [6.45, 7) is 4.15. The highest BCUT2D eigenvalue weighted by Gasteiger charge is 2.10. The molecule has 0 saturated heterocycles. The van der Waals surface area contributed by atoms with Crippen molar-refractivity contribution in [1.29, 1.82) is 0 Å². The van der Waals surface area contributed by atoms with E-state index in [2.05, 4.69) is 0 Å². The van der Waals surface area contributed by atoms with Crippen LogP contribution in [0.1, 0.15) is 25.5 Å². The largest absolute Gasteiger partial charge is 0.398 e. The number of hydrogen-bond acceptors (Lipinski definition) is 3. The predicted molar refractivity (Wildman–Crippen MR) is 56.9 cm³/mol. The zero-order chi connectivity index (χ0) is 10.6. The van der Waals surface area contributed by atoms with Crippen molar-refractivity contribution in [2.75, 3.05) is 12.3 Å². The summed E-state index contributed by atoms with van der Waals surface area (Å²) in [7, 11) is 0. The van der Waals surface area contributed by atoms with Crippen LogP contribution < -0.4 is 5.73 Å². The summed E-state index contributed by atoms with van der Waals surface area (Å²) in [6, 6.07) is 7.27. The van der Waals surface area contributed by atoms with Crippen molar-refractivity contribution in [3.8, 4) is 0 Å². The number of aliphatic hydroxyl groups excluding tert-OH is 1. The monoisotopic (exact) mass is 195 g/mol. The first kappa shape index (κ1) is 11.0. The van der Waals surface area contributed by atoms with Crippen molar-refractivity contribution in [2.24, 2.45) is 0 Å². The zero-order valence-electron chi connectivity index (χ0n) is 8.60. The Morgan fingerprint density at radius 2 is 2.00 bits per heavy atom. The first-order valence-corrected chi connectivity index (χ1v) is 4.75. The van der Waals surface area contributed by atoms with E-state index in [9.17, 15) is 5.11 Å². The molecule has 0 spiro atoms. The fourth-order valence-corrected chi connectivity index (χ4v) is 1.19. The highest BCUT2D eigenvalue weighted by molar-refractivity contribution is 5.47. The van der Waals surface area contributed by atoms with Crippen molar-refractivity contribution in [3.05, 3.63) is 29.8 Å². The fourth-order valence-electron chi connectivity index (χ4n) is 1.19. The summed E-state index contributed by atoms with van der Waals surface area (Å²) in [6.07, 6.45) is -0.520. The van der Waals surface area contributed by atoms with E-state index in [0.29, 0.717) is 5.69 Å². The number of benzene rings is 1. The number of hydrogen-bond donors (Lipinski definition) is 2. The van der Waals surface area contributed by atoms with Crippen molar-refractivity contribution >= 4 is 5.69 Å². The second kappa shape index (κ2) is 4.98. The highest BCUT2D eigenvalue weighted by Crippen LogP contribution is 2.20. The van der Waals surface area contributed by atoms with Gasteiger partial charge in [-0.1, -0.05) is 18.2 Å². The maximum Gasteiger partial charge on any atom is 0.104 e. The van der Waals surface area contributed by atoms with Crippen molar-refractivity contribution in [1.82, 2.24) is 0 Å².